The minimum atomic E-state index is -3.05. The summed E-state index contributed by atoms with van der Waals surface area (Å²) in [5.41, 5.74) is 0. The van der Waals surface area contributed by atoms with Gasteiger partial charge in [0.2, 0.25) is 0 Å². The van der Waals surface area contributed by atoms with E-state index in [1.807, 2.05) is 0 Å². The van der Waals surface area contributed by atoms with Crippen molar-refractivity contribution in [3.8, 4) is 0 Å². The Labute approximate surface area is 111 Å². The van der Waals surface area contributed by atoms with Gasteiger partial charge in [-0.25, -0.2) is 8.42 Å². The van der Waals surface area contributed by atoms with Crippen LogP contribution in [0.5, 0.6) is 0 Å². The first-order chi connectivity index (χ1) is 8.56. The summed E-state index contributed by atoms with van der Waals surface area (Å²) in [6.07, 6.45) is 7.37. The molecule has 0 aromatic heterocycles. The number of rotatable bonds is 3. The second-order valence-corrected chi connectivity index (χ2v) is 8.35. The van der Waals surface area contributed by atoms with E-state index in [1.165, 1.54) is 6.42 Å². The molecule has 0 amide bonds. The van der Waals surface area contributed by atoms with Crippen molar-refractivity contribution in [3.63, 3.8) is 0 Å². The van der Waals surface area contributed by atoms with E-state index >= 15 is 0 Å². The van der Waals surface area contributed by atoms with Crippen LogP contribution in [0.25, 0.3) is 0 Å². The molecule has 2 aliphatic rings. The fourth-order valence-electron chi connectivity index (χ4n) is 3.83. The van der Waals surface area contributed by atoms with Crippen LogP contribution in [0.15, 0.2) is 0 Å². The lowest BCUT2D eigenvalue weighted by molar-refractivity contribution is 0.0400. The zero-order valence-corrected chi connectivity index (χ0v) is 12.2. The van der Waals surface area contributed by atoms with E-state index in [0.29, 0.717) is 12.3 Å². The zero-order valence-electron chi connectivity index (χ0n) is 11.3. The predicted molar refractivity (Wildman–Crippen MR) is 73.2 cm³/mol. The molecule has 0 spiro atoms. The molecule has 1 saturated heterocycles. The van der Waals surface area contributed by atoms with Crippen molar-refractivity contribution in [2.24, 2.45) is 11.8 Å². The molecule has 1 aliphatic heterocycles. The normalized spacial score (nSPS) is 38.2. The van der Waals surface area contributed by atoms with Crippen LogP contribution >= 0.6 is 0 Å². The molecule has 3 nitrogen and oxygen atoms in total. The van der Waals surface area contributed by atoms with Gasteiger partial charge in [0.25, 0.3) is 0 Å². The molecule has 18 heavy (non-hydrogen) atoms. The molecule has 4 heteroatoms. The maximum absolute atomic E-state index is 12.1. The molecule has 2 fully saturated rings. The Morgan fingerprint density at radius 3 is 2.44 bits per heavy atom. The summed E-state index contributed by atoms with van der Waals surface area (Å²) in [6, 6.07) is 0. The summed E-state index contributed by atoms with van der Waals surface area (Å²) < 4.78 is 24.2. The number of hydrogen-bond donors (Lipinski definition) is 1. The fourth-order valence-corrected chi connectivity index (χ4v) is 5.89. The lowest BCUT2D eigenvalue weighted by Gasteiger charge is -2.38. The van der Waals surface area contributed by atoms with Crippen molar-refractivity contribution in [1.29, 1.82) is 0 Å². The minimum Gasteiger partial charge on any atom is -0.391 e. The van der Waals surface area contributed by atoms with E-state index in [4.69, 9.17) is 0 Å². The van der Waals surface area contributed by atoms with E-state index in [0.717, 1.165) is 38.5 Å². The number of aliphatic hydroxyl groups excluding tert-OH is 1. The molecule has 106 valence electrons. The SMILES string of the molecule is CCC1CCCCC1C(O)C1CCCCS1(=O)=O. The minimum absolute atomic E-state index is 0.210. The van der Waals surface area contributed by atoms with E-state index in [2.05, 4.69) is 6.92 Å². The van der Waals surface area contributed by atoms with E-state index in [9.17, 15) is 13.5 Å². The summed E-state index contributed by atoms with van der Waals surface area (Å²) in [5, 5.41) is 10.1. The highest BCUT2D eigenvalue weighted by atomic mass is 32.2. The van der Waals surface area contributed by atoms with Crippen LogP contribution in [0, 0.1) is 11.8 Å². The van der Waals surface area contributed by atoms with Gasteiger partial charge in [0, 0.05) is 0 Å². The van der Waals surface area contributed by atoms with Crippen molar-refractivity contribution in [3.05, 3.63) is 0 Å². The Kier molecular flexibility index (Phi) is 4.70. The smallest absolute Gasteiger partial charge is 0.155 e. The molecule has 1 aliphatic carbocycles. The van der Waals surface area contributed by atoms with Crippen molar-refractivity contribution in [2.75, 3.05) is 5.75 Å². The largest absolute Gasteiger partial charge is 0.391 e. The average molecular weight is 274 g/mol. The molecular formula is C14H26O3S. The lowest BCUT2D eigenvalue weighted by atomic mass is 9.74. The van der Waals surface area contributed by atoms with Crippen molar-refractivity contribution in [1.82, 2.24) is 0 Å². The third-order valence-electron chi connectivity index (χ3n) is 4.94. The van der Waals surface area contributed by atoms with Crippen LogP contribution in [0.2, 0.25) is 0 Å². The molecule has 1 saturated carbocycles. The van der Waals surface area contributed by atoms with Crippen molar-refractivity contribution >= 4 is 9.84 Å². The zero-order chi connectivity index (χ0) is 13.2. The van der Waals surface area contributed by atoms with E-state index in [-0.39, 0.29) is 11.7 Å². The molecule has 4 unspecified atom stereocenters. The summed E-state index contributed by atoms with van der Waals surface area (Å²) in [5.74, 6) is 1.01. The van der Waals surface area contributed by atoms with Crippen LogP contribution < -0.4 is 0 Å². The quantitative estimate of drug-likeness (QED) is 0.860. The van der Waals surface area contributed by atoms with Crippen LogP contribution in [-0.4, -0.2) is 30.6 Å². The van der Waals surface area contributed by atoms with Crippen LogP contribution in [0.3, 0.4) is 0 Å². The third kappa shape index (κ3) is 2.90. The summed E-state index contributed by atoms with van der Waals surface area (Å²) >= 11 is 0. The Morgan fingerprint density at radius 1 is 1.11 bits per heavy atom. The Hall–Kier alpha value is -0.0900. The lowest BCUT2D eigenvalue weighted by Crippen LogP contribution is -2.45. The maximum atomic E-state index is 12.1. The number of aliphatic hydroxyl groups is 1. The number of sulfone groups is 1. The van der Waals surface area contributed by atoms with Gasteiger partial charge in [0.1, 0.15) is 0 Å². The number of hydrogen-bond acceptors (Lipinski definition) is 3. The highest BCUT2D eigenvalue weighted by Gasteiger charge is 2.41. The van der Waals surface area contributed by atoms with Gasteiger partial charge in [-0.3, -0.25) is 0 Å². The van der Waals surface area contributed by atoms with Gasteiger partial charge < -0.3 is 5.11 Å². The first kappa shape index (κ1) is 14.3. The summed E-state index contributed by atoms with van der Waals surface area (Å²) in [7, 11) is -3.05. The maximum Gasteiger partial charge on any atom is 0.155 e. The molecule has 0 aromatic rings. The second-order valence-electron chi connectivity index (χ2n) is 6.01. The van der Waals surface area contributed by atoms with Crippen molar-refractivity contribution < 1.29 is 13.5 Å². The van der Waals surface area contributed by atoms with Crippen molar-refractivity contribution in [2.45, 2.75) is 69.6 Å². The van der Waals surface area contributed by atoms with Gasteiger partial charge in [0.05, 0.1) is 17.1 Å². The van der Waals surface area contributed by atoms with Gasteiger partial charge in [-0.15, -0.1) is 0 Å². The van der Waals surface area contributed by atoms with Crippen LogP contribution in [-0.2, 0) is 9.84 Å². The second kappa shape index (κ2) is 5.91. The molecule has 1 heterocycles. The Balaban J connectivity index is 2.11. The molecule has 0 bridgehead atoms. The van der Waals surface area contributed by atoms with Gasteiger partial charge in [-0.2, -0.15) is 0 Å². The first-order valence-electron chi connectivity index (χ1n) is 7.46. The molecule has 1 N–H and O–H groups in total. The average Bonchev–Trinajstić information content (AvgIpc) is 2.37. The van der Waals surface area contributed by atoms with Gasteiger partial charge in [-0.1, -0.05) is 39.0 Å². The van der Waals surface area contributed by atoms with Crippen LogP contribution in [0.4, 0.5) is 0 Å². The third-order valence-corrected chi connectivity index (χ3v) is 7.24. The predicted octanol–water partition coefficient (Wildman–Crippen LogP) is 2.53. The van der Waals surface area contributed by atoms with Gasteiger partial charge in [0.15, 0.2) is 9.84 Å². The molecular weight excluding hydrogens is 248 g/mol. The standard InChI is InChI=1S/C14H26O3S/c1-2-11-7-3-4-8-12(11)14(15)13-9-5-6-10-18(13,16)17/h11-15H,2-10H2,1H3. The molecule has 0 aromatic carbocycles. The summed E-state index contributed by atoms with van der Waals surface area (Å²) in [4.78, 5) is 0. The Bertz CT molecular complexity index is 363. The molecule has 0 radical (unpaired) electrons. The topological polar surface area (TPSA) is 54.4 Å². The van der Waals surface area contributed by atoms with Gasteiger partial charge in [-0.05, 0) is 31.1 Å². The highest BCUT2D eigenvalue weighted by molar-refractivity contribution is 7.92. The summed E-state index contributed by atoms with van der Waals surface area (Å²) in [6.45, 7) is 2.16. The fraction of sp³-hybridized carbons (Fsp3) is 1.00. The first-order valence-corrected chi connectivity index (χ1v) is 9.17. The van der Waals surface area contributed by atoms with Gasteiger partial charge >= 0.3 is 0 Å². The van der Waals surface area contributed by atoms with Crippen LogP contribution in [0.1, 0.15) is 58.3 Å². The monoisotopic (exact) mass is 274 g/mol. The Morgan fingerprint density at radius 2 is 1.78 bits per heavy atom. The van der Waals surface area contributed by atoms with E-state index < -0.39 is 21.2 Å². The van der Waals surface area contributed by atoms with E-state index in [1.54, 1.807) is 0 Å². The molecule has 4 atom stereocenters. The highest BCUT2D eigenvalue weighted by Crippen LogP contribution is 2.38. The molecule has 2 rings (SSSR count).